The standard InChI is InChI=1S/C25H16Cl4F4N2O3/c1-35(15-6-3-13(30)4-7-15)23(37)16-11-14(5-8-17(16)26)34-22(36)21-20(24(21,28)29)12-2-9-19(18(27)10-12)38-25(31,32)33/h2-11,20-21H,1H3,(H,34,36)/t20-,21+/m1/s1. The third-order valence-electron chi connectivity index (χ3n) is 5.86. The van der Waals surface area contributed by atoms with Crippen LogP contribution in [0.5, 0.6) is 5.75 Å². The molecule has 1 saturated carbocycles. The highest BCUT2D eigenvalue weighted by atomic mass is 35.5. The molecule has 0 aromatic heterocycles. The van der Waals surface area contributed by atoms with E-state index < -0.39 is 45.9 Å². The first-order valence-corrected chi connectivity index (χ1v) is 12.3. The number of carbonyl (C=O) groups excluding carboxylic acids is 2. The van der Waals surface area contributed by atoms with Gasteiger partial charge in [-0.25, -0.2) is 4.39 Å². The molecule has 0 radical (unpaired) electrons. The lowest BCUT2D eigenvalue weighted by Crippen LogP contribution is -2.26. The molecule has 38 heavy (non-hydrogen) atoms. The maximum atomic E-state index is 13.2. The van der Waals surface area contributed by atoms with Gasteiger partial charge in [-0.05, 0) is 60.2 Å². The van der Waals surface area contributed by atoms with Crippen LogP contribution in [0.1, 0.15) is 21.8 Å². The molecule has 4 rings (SSSR count). The van der Waals surface area contributed by atoms with Crippen molar-refractivity contribution >= 4 is 69.6 Å². The second kappa shape index (κ2) is 10.4. The second-order valence-electron chi connectivity index (χ2n) is 8.39. The number of hydrogen-bond donors (Lipinski definition) is 1. The molecule has 0 saturated heterocycles. The molecular formula is C25H16Cl4F4N2O3. The number of amides is 2. The van der Waals surface area contributed by atoms with E-state index in [1.165, 1.54) is 66.5 Å². The molecule has 200 valence electrons. The smallest absolute Gasteiger partial charge is 0.404 e. The zero-order valence-electron chi connectivity index (χ0n) is 19.1. The molecule has 0 bridgehead atoms. The molecular weight excluding hydrogens is 594 g/mol. The van der Waals surface area contributed by atoms with E-state index in [1.54, 1.807) is 0 Å². The van der Waals surface area contributed by atoms with Gasteiger partial charge in [0.2, 0.25) is 5.91 Å². The zero-order valence-corrected chi connectivity index (χ0v) is 22.1. The number of benzene rings is 3. The Morgan fingerprint density at radius 2 is 1.63 bits per heavy atom. The Morgan fingerprint density at radius 3 is 2.24 bits per heavy atom. The number of alkyl halides is 5. The fourth-order valence-electron chi connectivity index (χ4n) is 3.94. The van der Waals surface area contributed by atoms with Crippen molar-refractivity contribution in [1.29, 1.82) is 0 Å². The summed E-state index contributed by atoms with van der Waals surface area (Å²) in [5.74, 6) is -3.93. The number of halogens is 8. The Balaban J connectivity index is 1.50. The molecule has 1 aliphatic rings. The van der Waals surface area contributed by atoms with Gasteiger partial charge in [0.1, 0.15) is 15.9 Å². The molecule has 2 atom stereocenters. The highest BCUT2D eigenvalue weighted by Gasteiger charge is 2.67. The van der Waals surface area contributed by atoms with Gasteiger partial charge in [0.25, 0.3) is 5.91 Å². The third kappa shape index (κ3) is 5.96. The fraction of sp³-hybridized carbons (Fsp3) is 0.200. The number of hydrogen-bond acceptors (Lipinski definition) is 3. The van der Waals surface area contributed by atoms with Crippen LogP contribution in [-0.2, 0) is 4.79 Å². The van der Waals surface area contributed by atoms with E-state index in [4.69, 9.17) is 46.4 Å². The van der Waals surface area contributed by atoms with E-state index in [-0.39, 0.29) is 21.3 Å². The fourth-order valence-corrected chi connectivity index (χ4v) is 5.19. The Bertz CT molecular complexity index is 1400. The Kier molecular flexibility index (Phi) is 7.78. The summed E-state index contributed by atoms with van der Waals surface area (Å²) < 4.78 is 53.1. The van der Waals surface area contributed by atoms with Gasteiger partial charge < -0.3 is 15.0 Å². The lowest BCUT2D eigenvalue weighted by molar-refractivity contribution is -0.274. The molecule has 1 aliphatic carbocycles. The Labute approximate surface area is 234 Å². The maximum absolute atomic E-state index is 13.2. The van der Waals surface area contributed by atoms with Crippen molar-refractivity contribution in [1.82, 2.24) is 0 Å². The zero-order chi connectivity index (χ0) is 28.0. The third-order valence-corrected chi connectivity index (χ3v) is 7.42. The van der Waals surface area contributed by atoms with Crippen molar-refractivity contribution in [2.75, 3.05) is 17.3 Å². The lowest BCUT2D eigenvalue weighted by Gasteiger charge is -2.18. The van der Waals surface area contributed by atoms with Gasteiger partial charge in [0.05, 0.1) is 21.5 Å². The molecule has 0 heterocycles. The number of rotatable bonds is 6. The van der Waals surface area contributed by atoms with Gasteiger partial charge >= 0.3 is 6.36 Å². The number of anilines is 2. The van der Waals surface area contributed by atoms with Gasteiger partial charge in [-0.15, -0.1) is 36.4 Å². The van der Waals surface area contributed by atoms with E-state index >= 15 is 0 Å². The van der Waals surface area contributed by atoms with Gasteiger partial charge in [0, 0.05) is 24.3 Å². The molecule has 1 fully saturated rings. The Hall–Kier alpha value is -2.72. The van der Waals surface area contributed by atoms with Crippen LogP contribution in [-0.4, -0.2) is 29.6 Å². The summed E-state index contributed by atoms with van der Waals surface area (Å²) in [6, 6.07) is 13.0. The Morgan fingerprint density at radius 1 is 0.974 bits per heavy atom. The van der Waals surface area contributed by atoms with Crippen molar-refractivity contribution in [3.8, 4) is 5.75 Å². The monoisotopic (exact) mass is 608 g/mol. The molecule has 0 aliphatic heterocycles. The number of carbonyl (C=O) groups is 2. The molecule has 13 heteroatoms. The summed E-state index contributed by atoms with van der Waals surface area (Å²) in [5.41, 5.74) is 1.04. The molecule has 5 nitrogen and oxygen atoms in total. The van der Waals surface area contributed by atoms with E-state index in [0.29, 0.717) is 11.3 Å². The van der Waals surface area contributed by atoms with Gasteiger partial charge in [-0.1, -0.05) is 29.3 Å². The SMILES string of the molecule is CN(C(=O)c1cc(NC(=O)[C@@H]2[C@@H](c3ccc(OC(F)(F)F)c(Cl)c3)C2(Cl)Cl)ccc1Cl)c1ccc(F)cc1. The van der Waals surface area contributed by atoms with Crippen LogP contribution in [0, 0.1) is 11.7 Å². The van der Waals surface area contributed by atoms with Crippen LogP contribution >= 0.6 is 46.4 Å². The predicted molar refractivity (Wildman–Crippen MR) is 138 cm³/mol. The predicted octanol–water partition coefficient (Wildman–Crippen LogP) is 7.83. The van der Waals surface area contributed by atoms with Crippen molar-refractivity contribution in [3.63, 3.8) is 0 Å². The summed E-state index contributed by atoms with van der Waals surface area (Å²) >= 11 is 24.8. The second-order valence-corrected chi connectivity index (χ2v) is 10.7. The van der Waals surface area contributed by atoms with Gasteiger partial charge in [-0.3, -0.25) is 9.59 Å². The molecule has 3 aromatic carbocycles. The maximum Gasteiger partial charge on any atom is 0.573 e. The van der Waals surface area contributed by atoms with Crippen LogP contribution in [0.4, 0.5) is 28.9 Å². The van der Waals surface area contributed by atoms with E-state index in [9.17, 15) is 27.2 Å². The lowest BCUT2D eigenvalue weighted by atomic mass is 10.1. The van der Waals surface area contributed by atoms with Crippen molar-refractivity contribution in [2.45, 2.75) is 16.6 Å². The summed E-state index contributed by atoms with van der Waals surface area (Å²) in [7, 11) is 1.48. The molecule has 1 N–H and O–H groups in total. The minimum Gasteiger partial charge on any atom is -0.404 e. The molecule has 2 amide bonds. The molecule has 0 unspecified atom stereocenters. The van der Waals surface area contributed by atoms with Crippen molar-refractivity contribution in [2.24, 2.45) is 5.92 Å². The average Bonchev–Trinajstić information content (AvgIpc) is 3.42. The first-order chi connectivity index (χ1) is 17.7. The van der Waals surface area contributed by atoms with Crippen LogP contribution in [0.25, 0.3) is 0 Å². The molecule has 3 aromatic rings. The highest BCUT2D eigenvalue weighted by molar-refractivity contribution is 6.53. The van der Waals surface area contributed by atoms with Crippen LogP contribution in [0.15, 0.2) is 60.7 Å². The minimum atomic E-state index is -4.93. The molecule has 0 spiro atoms. The normalized spacial score (nSPS) is 18.0. The minimum absolute atomic E-state index is 0.0682. The number of nitrogens with zero attached hydrogens (tertiary/aromatic N) is 1. The highest BCUT2D eigenvalue weighted by Crippen LogP contribution is 2.65. The van der Waals surface area contributed by atoms with Crippen molar-refractivity contribution in [3.05, 3.63) is 87.7 Å². The first kappa shape index (κ1) is 28.3. The summed E-state index contributed by atoms with van der Waals surface area (Å²) in [6.45, 7) is 0. The largest absolute Gasteiger partial charge is 0.573 e. The van der Waals surface area contributed by atoms with Gasteiger partial charge in [0.15, 0.2) is 0 Å². The van der Waals surface area contributed by atoms with Crippen LogP contribution < -0.4 is 15.0 Å². The quantitative estimate of drug-likeness (QED) is 0.229. The van der Waals surface area contributed by atoms with Crippen molar-refractivity contribution < 1.29 is 31.9 Å². The first-order valence-electron chi connectivity index (χ1n) is 10.8. The van der Waals surface area contributed by atoms with E-state index in [2.05, 4.69) is 10.1 Å². The average molecular weight is 610 g/mol. The topological polar surface area (TPSA) is 58.6 Å². The number of nitrogens with one attached hydrogen (secondary N) is 1. The van der Waals surface area contributed by atoms with Crippen LogP contribution in [0.3, 0.4) is 0 Å². The number of ether oxygens (including phenoxy) is 1. The van der Waals surface area contributed by atoms with Gasteiger partial charge in [-0.2, -0.15) is 0 Å². The van der Waals surface area contributed by atoms with E-state index in [0.717, 1.165) is 6.07 Å². The summed E-state index contributed by atoms with van der Waals surface area (Å²) in [5, 5.41) is 2.42. The summed E-state index contributed by atoms with van der Waals surface area (Å²) in [4.78, 5) is 27.3. The van der Waals surface area contributed by atoms with E-state index in [1.807, 2.05) is 0 Å². The summed E-state index contributed by atoms with van der Waals surface area (Å²) in [6.07, 6.45) is -4.93. The van der Waals surface area contributed by atoms with Crippen LogP contribution in [0.2, 0.25) is 10.0 Å².